The zero-order valence-electron chi connectivity index (χ0n) is 18.5. The van der Waals surface area contributed by atoms with Crippen LogP contribution in [0.1, 0.15) is 31.4 Å². The van der Waals surface area contributed by atoms with Gasteiger partial charge < -0.3 is 10.2 Å². The number of anilines is 1. The summed E-state index contributed by atoms with van der Waals surface area (Å²) < 4.78 is 0.626. The number of aromatic amines is 1. The summed E-state index contributed by atoms with van der Waals surface area (Å²) in [6.45, 7) is 3.30. The molecule has 1 aliphatic rings. The van der Waals surface area contributed by atoms with Gasteiger partial charge in [-0.3, -0.25) is 14.6 Å². The van der Waals surface area contributed by atoms with E-state index in [1.54, 1.807) is 0 Å². The number of piperidine rings is 1. The van der Waals surface area contributed by atoms with E-state index in [0.717, 1.165) is 36.1 Å². The van der Waals surface area contributed by atoms with Crippen molar-refractivity contribution < 1.29 is 4.79 Å². The molecule has 33 heavy (non-hydrogen) atoms. The van der Waals surface area contributed by atoms with Crippen molar-refractivity contribution in [3.8, 4) is 11.1 Å². The van der Waals surface area contributed by atoms with Crippen LogP contribution in [0.5, 0.6) is 0 Å². The Balaban J connectivity index is 1.37. The molecule has 0 spiro atoms. The van der Waals surface area contributed by atoms with Crippen molar-refractivity contribution in [2.24, 2.45) is 5.92 Å². The molecule has 1 aliphatic heterocycles. The number of carbonyl (C=O) groups is 1. The van der Waals surface area contributed by atoms with Gasteiger partial charge in [-0.25, -0.2) is 4.98 Å². The highest BCUT2D eigenvalue weighted by atomic mass is 32.1. The average molecular weight is 459 g/mol. The Morgan fingerprint density at radius 2 is 1.88 bits per heavy atom. The molecule has 2 aromatic carbocycles. The van der Waals surface area contributed by atoms with Crippen LogP contribution in [0.15, 0.2) is 70.8 Å². The Labute approximate surface area is 196 Å². The number of nitrogens with one attached hydrogen (secondary N) is 2. The van der Waals surface area contributed by atoms with E-state index >= 15 is 0 Å². The molecule has 0 bridgehead atoms. The molecule has 1 saturated heterocycles. The molecule has 2 N–H and O–H groups in total. The van der Waals surface area contributed by atoms with Gasteiger partial charge in [0.05, 0.1) is 17.5 Å². The molecule has 168 valence electrons. The second-order valence-electron chi connectivity index (χ2n) is 8.51. The summed E-state index contributed by atoms with van der Waals surface area (Å²) in [5.74, 6) is 0.429. The topological polar surface area (TPSA) is 78.1 Å². The molecule has 0 saturated carbocycles. The number of hydrogen-bond donors (Lipinski definition) is 2. The summed E-state index contributed by atoms with van der Waals surface area (Å²) in [5, 5.41) is 5.14. The average Bonchev–Trinajstić information content (AvgIpc) is 3.30. The van der Waals surface area contributed by atoms with Crippen LogP contribution in [0.3, 0.4) is 0 Å². The Kier molecular flexibility index (Phi) is 5.96. The summed E-state index contributed by atoms with van der Waals surface area (Å²) in [4.78, 5) is 35.7. The maximum absolute atomic E-state index is 13.0. The molecule has 3 heterocycles. The van der Waals surface area contributed by atoms with E-state index in [9.17, 15) is 9.59 Å². The third kappa shape index (κ3) is 4.41. The van der Waals surface area contributed by atoms with Crippen molar-refractivity contribution in [2.75, 3.05) is 18.0 Å². The molecule has 0 unspecified atom stereocenters. The number of benzene rings is 2. The van der Waals surface area contributed by atoms with E-state index in [1.165, 1.54) is 11.3 Å². The monoisotopic (exact) mass is 458 g/mol. The van der Waals surface area contributed by atoms with Crippen molar-refractivity contribution in [3.63, 3.8) is 0 Å². The fourth-order valence-corrected chi connectivity index (χ4v) is 5.34. The van der Waals surface area contributed by atoms with Crippen LogP contribution in [0, 0.1) is 5.92 Å². The lowest BCUT2D eigenvalue weighted by Gasteiger charge is -2.33. The molecule has 2 atom stereocenters. The molecular weight excluding hydrogens is 432 g/mol. The van der Waals surface area contributed by atoms with Crippen molar-refractivity contribution >= 4 is 33.4 Å². The zero-order chi connectivity index (χ0) is 22.8. The van der Waals surface area contributed by atoms with Gasteiger partial charge in [0.1, 0.15) is 4.70 Å². The fourth-order valence-electron chi connectivity index (χ4n) is 4.43. The smallest absolute Gasteiger partial charge is 0.270 e. The second kappa shape index (κ2) is 9.19. The van der Waals surface area contributed by atoms with Crippen LogP contribution in [0.4, 0.5) is 5.95 Å². The van der Waals surface area contributed by atoms with Crippen LogP contribution in [-0.4, -0.2) is 29.0 Å². The molecule has 0 radical (unpaired) electrons. The van der Waals surface area contributed by atoms with Crippen molar-refractivity contribution in [2.45, 2.75) is 25.8 Å². The van der Waals surface area contributed by atoms with Gasteiger partial charge in [0, 0.05) is 24.0 Å². The molecule has 1 fully saturated rings. The first-order valence-corrected chi connectivity index (χ1v) is 12.2. The van der Waals surface area contributed by atoms with Crippen molar-refractivity contribution in [1.29, 1.82) is 0 Å². The van der Waals surface area contributed by atoms with E-state index in [1.807, 2.05) is 77.9 Å². The summed E-state index contributed by atoms with van der Waals surface area (Å²) in [5.41, 5.74) is 3.67. The van der Waals surface area contributed by atoms with Gasteiger partial charge in [0.15, 0.2) is 0 Å². The lowest BCUT2D eigenvalue weighted by atomic mass is 9.96. The van der Waals surface area contributed by atoms with Gasteiger partial charge in [0.25, 0.3) is 5.56 Å². The number of thiophene rings is 1. The first-order valence-electron chi connectivity index (χ1n) is 11.3. The molecule has 7 heteroatoms. The number of hydrogen-bond acceptors (Lipinski definition) is 5. The van der Waals surface area contributed by atoms with Gasteiger partial charge in [-0.2, -0.15) is 0 Å². The second-order valence-corrected chi connectivity index (χ2v) is 9.39. The van der Waals surface area contributed by atoms with Crippen molar-refractivity contribution in [3.05, 3.63) is 82.0 Å². The summed E-state index contributed by atoms with van der Waals surface area (Å²) in [6, 6.07) is 19.9. The van der Waals surface area contributed by atoms with Crippen LogP contribution in [0.2, 0.25) is 0 Å². The standard InChI is InChI=1S/C26H26N4O2S/c1-17(18-9-4-2-5-10-18)27-24(31)20-13-8-14-30(15-20)26-28-22-21(19-11-6-3-7-12-19)16-33-23(22)25(32)29-26/h2-7,9-12,16-17,20H,8,13-15H2,1H3,(H,27,31)(H,28,29,32)/t17-,20+/m1/s1. The van der Waals surface area contributed by atoms with E-state index in [0.29, 0.717) is 22.7 Å². The number of H-pyrrole nitrogens is 1. The van der Waals surface area contributed by atoms with Gasteiger partial charge in [0.2, 0.25) is 11.9 Å². The maximum Gasteiger partial charge on any atom is 0.270 e. The quantitative estimate of drug-likeness (QED) is 0.453. The minimum absolute atomic E-state index is 0.0417. The highest BCUT2D eigenvalue weighted by Gasteiger charge is 2.28. The van der Waals surface area contributed by atoms with Gasteiger partial charge in [-0.05, 0) is 30.9 Å². The Morgan fingerprint density at radius 1 is 1.15 bits per heavy atom. The Morgan fingerprint density at radius 3 is 2.64 bits per heavy atom. The van der Waals surface area contributed by atoms with Gasteiger partial charge in [-0.15, -0.1) is 11.3 Å². The highest BCUT2D eigenvalue weighted by molar-refractivity contribution is 7.17. The lowest BCUT2D eigenvalue weighted by molar-refractivity contribution is -0.125. The number of fused-ring (bicyclic) bond motifs is 1. The van der Waals surface area contributed by atoms with Crippen LogP contribution in [0.25, 0.3) is 21.3 Å². The number of rotatable bonds is 5. The number of aromatic nitrogens is 2. The normalized spacial score (nSPS) is 17.1. The van der Waals surface area contributed by atoms with Crippen LogP contribution < -0.4 is 15.8 Å². The molecule has 1 amide bonds. The Hall–Kier alpha value is -3.45. The molecule has 6 nitrogen and oxygen atoms in total. The zero-order valence-corrected chi connectivity index (χ0v) is 19.3. The van der Waals surface area contributed by atoms with Gasteiger partial charge in [-0.1, -0.05) is 60.7 Å². The summed E-state index contributed by atoms with van der Waals surface area (Å²) >= 11 is 1.41. The predicted molar refractivity (Wildman–Crippen MR) is 134 cm³/mol. The summed E-state index contributed by atoms with van der Waals surface area (Å²) in [7, 11) is 0. The molecule has 2 aromatic heterocycles. The molecule has 5 rings (SSSR count). The maximum atomic E-state index is 13.0. The summed E-state index contributed by atoms with van der Waals surface area (Å²) in [6.07, 6.45) is 1.69. The minimum atomic E-state index is -0.151. The number of amides is 1. The van der Waals surface area contributed by atoms with E-state index in [4.69, 9.17) is 4.98 Å². The molecule has 4 aromatic rings. The van der Waals surface area contributed by atoms with Crippen molar-refractivity contribution in [1.82, 2.24) is 15.3 Å². The largest absolute Gasteiger partial charge is 0.349 e. The highest BCUT2D eigenvalue weighted by Crippen LogP contribution is 2.32. The Bertz CT molecular complexity index is 1320. The predicted octanol–water partition coefficient (Wildman–Crippen LogP) is 4.75. The van der Waals surface area contributed by atoms with Crippen LogP contribution in [-0.2, 0) is 4.79 Å². The third-order valence-electron chi connectivity index (χ3n) is 6.25. The lowest BCUT2D eigenvalue weighted by Crippen LogP contribution is -2.44. The SMILES string of the molecule is C[C@@H](NC(=O)[C@H]1CCCN(c2nc3c(-c4ccccc4)csc3c(=O)[nH]2)C1)c1ccccc1. The fraction of sp³-hybridized carbons (Fsp3) is 0.269. The number of nitrogens with zero attached hydrogens (tertiary/aromatic N) is 2. The first kappa shape index (κ1) is 21.4. The van der Waals surface area contributed by atoms with Gasteiger partial charge >= 0.3 is 0 Å². The first-order chi connectivity index (χ1) is 16.1. The minimum Gasteiger partial charge on any atom is -0.349 e. The molecule has 0 aliphatic carbocycles. The van der Waals surface area contributed by atoms with E-state index < -0.39 is 0 Å². The van der Waals surface area contributed by atoms with Crippen LogP contribution >= 0.6 is 11.3 Å². The van der Waals surface area contributed by atoms with E-state index in [2.05, 4.69) is 10.3 Å². The number of carbonyl (C=O) groups excluding carboxylic acids is 1. The molecular formula is C26H26N4O2S. The van der Waals surface area contributed by atoms with E-state index in [-0.39, 0.29) is 23.4 Å². The third-order valence-corrected chi connectivity index (χ3v) is 7.22.